The predicted octanol–water partition coefficient (Wildman–Crippen LogP) is 2.95. The molecule has 0 heterocycles. The fourth-order valence-corrected chi connectivity index (χ4v) is 2.05. The monoisotopic (exact) mass is 212 g/mol. The lowest BCUT2D eigenvalue weighted by Gasteiger charge is -2.16. The lowest BCUT2D eigenvalue weighted by Crippen LogP contribution is -2.20. The van der Waals surface area contributed by atoms with E-state index >= 15 is 0 Å². The molecular weight excluding hydrogens is 200 g/mol. The van der Waals surface area contributed by atoms with Crippen molar-refractivity contribution in [2.45, 2.75) is 0 Å². The first-order valence-corrected chi connectivity index (χ1v) is 5.06. The van der Waals surface area contributed by atoms with Crippen LogP contribution in [0.4, 0.5) is 0 Å². The summed E-state index contributed by atoms with van der Waals surface area (Å²) < 4.78 is 0. The molecule has 0 unspecified atom stereocenters. The highest BCUT2D eigenvalue weighted by molar-refractivity contribution is 6.28. The van der Waals surface area contributed by atoms with Gasteiger partial charge in [0.25, 0.3) is 0 Å². The van der Waals surface area contributed by atoms with E-state index in [0.717, 1.165) is 0 Å². The first-order chi connectivity index (χ1) is 7.79. The summed E-state index contributed by atoms with van der Waals surface area (Å²) in [5.74, 6) is -0.128. The summed E-state index contributed by atoms with van der Waals surface area (Å²) >= 11 is 0. The van der Waals surface area contributed by atoms with Crippen LogP contribution >= 0.6 is 0 Å². The largest absolute Gasteiger partial charge is 0.289 e. The quantitative estimate of drug-likeness (QED) is 0.574. The van der Waals surface area contributed by atoms with Gasteiger partial charge in [-0.2, -0.15) is 0 Å². The zero-order chi connectivity index (χ0) is 11.1. The van der Waals surface area contributed by atoms with Crippen LogP contribution in [0.3, 0.4) is 0 Å². The SMILES string of the molecule is O=C1c2ccccc2C(=O)c2ccccc21.[HH].[HH]. The number of benzene rings is 2. The maximum atomic E-state index is 12.1. The zero-order valence-electron chi connectivity index (χ0n) is 8.44. The number of carbonyl (C=O) groups is 2. The second-order valence-electron chi connectivity index (χ2n) is 3.75. The van der Waals surface area contributed by atoms with E-state index in [9.17, 15) is 9.59 Å². The summed E-state index contributed by atoms with van der Waals surface area (Å²) in [4.78, 5) is 24.2. The minimum absolute atomic E-state index is 0. The molecule has 80 valence electrons. The molecular formula is C14H12O2. The van der Waals surface area contributed by atoms with Gasteiger partial charge in [-0.05, 0) is 0 Å². The first kappa shape index (κ1) is 9.04. The van der Waals surface area contributed by atoms with Crippen molar-refractivity contribution < 1.29 is 12.4 Å². The van der Waals surface area contributed by atoms with Crippen LogP contribution < -0.4 is 0 Å². The Labute approximate surface area is 95.5 Å². The van der Waals surface area contributed by atoms with Gasteiger partial charge in [-0.25, -0.2) is 0 Å². The first-order valence-electron chi connectivity index (χ1n) is 5.06. The Morgan fingerprint density at radius 1 is 0.562 bits per heavy atom. The molecule has 2 aromatic carbocycles. The Balaban J connectivity index is 0.000000810. The van der Waals surface area contributed by atoms with Crippen LogP contribution in [0.2, 0.25) is 0 Å². The molecule has 0 radical (unpaired) electrons. The molecule has 0 bridgehead atoms. The summed E-state index contributed by atoms with van der Waals surface area (Å²) in [6.07, 6.45) is 0. The number of carbonyl (C=O) groups excluding carboxylic acids is 2. The molecule has 0 aliphatic heterocycles. The maximum absolute atomic E-state index is 12.1. The van der Waals surface area contributed by atoms with Crippen LogP contribution in [0.5, 0.6) is 0 Å². The van der Waals surface area contributed by atoms with Gasteiger partial charge in [-0.1, -0.05) is 48.5 Å². The fourth-order valence-electron chi connectivity index (χ4n) is 2.05. The van der Waals surface area contributed by atoms with E-state index in [1.165, 1.54) is 0 Å². The third-order valence-corrected chi connectivity index (χ3v) is 2.83. The third kappa shape index (κ3) is 1.07. The van der Waals surface area contributed by atoms with E-state index < -0.39 is 0 Å². The summed E-state index contributed by atoms with van der Waals surface area (Å²) in [7, 11) is 0. The molecule has 2 heteroatoms. The molecule has 0 amide bonds. The summed E-state index contributed by atoms with van der Waals surface area (Å²) in [6, 6.07) is 13.9. The third-order valence-electron chi connectivity index (χ3n) is 2.83. The van der Waals surface area contributed by atoms with Gasteiger partial charge in [0.15, 0.2) is 11.6 Å². The van der Waals surface area contributed by atoms with E-state index in [1.807, 2.05) is 0 Å². The number of ketones is 2. The fraction of sp³-hybridized carbons (Fsp3) is 0. The topological polar surface area (TPSA) is 34.1 Å². The van der Waals surface area contributed by atoms with Crippen LogP contribution in [0.1, 0.15) is 34.7 Å². The molecule has 2 nitrogen and oxygen atoms in total. The Morgan fingerprint density at radius 3 is 1.06 bits per heavy atom. The maximum Gasteiger partial charge on any atom is 0.194 e. The smallest absolute Gasteiger partial charge is 0.194 e. The average Bonchev–Trinajstić information content (AvgIpc) is 2.36. The summed E-state index contributed by atoms with van der Waals surface area (Å²) in [5.41, 5.74) is 2.02. The molecule has 0 aromatic heterocycles. The van der Waals surface area contributed by atoms with Crippen molar-refractivity contribution in [3.8, 4) is 0 Å². The molecule has 1 aliphatic rings. The van der Waals surface area contributed by atoms with E-state index in [2.05, 4.69) is 0 Å². The molecule has 1 aliphatic carbocycles. The van der Waals surface area contributed by atoms with Crippen molar-refractivity contribution in [1.82, 2.24) is 0 Å². The second-order valence-corrected chi connectivity index (χ2v) is 3.75. The zero-order valence-corrected chi connectivity index (χ0v) is 8.44. The second kappa shape index (κ2) is 3.14. The minimum Gasteiger partial charge on any atom is -0.289 e. The number of rotatable bonds is 0. The molecule has 0 saturated heterocycles. The van der Waals surface area contributed by atoms with E-state index in [4.69, 9.17) is 0 Å². The summed E-state index contributed by atoms with van der Waals surface area (Å²) in [5, 5.41) is 0. The van der Waals surface area contributed by atoms with Gasteiger partial charge in [0, 0.05) is 25.1 Å². The van der Waals surface area contributed by atoms with Gasteiger partial charge in [0.2, 0.25) is 0 Å². The molecule has 0 N–H and O–H groups in total. The van der Waals surface area contributed by atoms with Crippen molar-refractivity contribution in [2.75, 3.05) is 0 Å². The van der Waals surface area contributed by atoms with E-state index in [1.54, 1.807) is 48.5 Å². The van der Waals surface area contributed by atoms with Crippen molar-refractivity contribution in [1.29, 1.82) is 0 Å². The van der Waals surface area contributed by atoms with Crippen LogP contribution in [-0.4, -0.2) is 11.6 Å². The lowest BCUT2D eigenvalue weighted by molar-refractivity contribution is 0.0979. The van der Waals surface area contributed by atoms with Crippen LogP contribution in [0, 0.1) is 0 Å². The number of hydrogen-bond acceptors (Lipinski definition) is 2. The Hall–Kier alpha value is -2.22. The number of hydrogen-bond donors (Lipinski definition) is 0. The Kier molecular flexibility index (Phi) is 1.77. The Bertz CT molecular complexity index is 515. The predicted molar refractivity (Wildman–Crippen MR) is 64.0 cm³/mol. The van der Waals surface area contributed by atoms with E-state index in [-0.39, 0.29) is 14.4 Å². The highest BCUT2D eigenvalue weighted by Gasteiger charge is 2.28. The average molecular weight is 212 g/mol. The summed E-state index contributed by atoms with van der Waals surface area (Å²) in [6.45, 7) is 0. The Morgan fingerprint density at radius 2 is 0.812 bits per heavy atom. The van der Waals surface area contributed by atoms with Gasteiger partial charge in [-0.15, -0.1) is 0 Å². The highest BCUT2D eigenvalue weighted by atomic mass is 16.1. The van der Waals surface area contributed by atoms with Crippen molar-refractivity contribution >= 4 is 11.6 Å². The van der Waals surface area contributed by atoms with Crippen LogP contribution in [0.25, 0.3) is 0 Å². The van der Waals surface area contributed by atoms with E-state index in [0.29, 0.717) is 22.3 Å². The van der Waals surface area contributed by atoms with Crippen LogP contribution in [0.15, 0.2) is 48.5 Å². The lowest BCUT2D eigenvalue weighted by atomic mass is 9.84. The highest BCUT2D eigenvalue weighted by Crippen LogP contribution is 2.26. The molecule has 3 rings (SSSR count). The molecule has 0 fully saturated rings. The number of fused-ring (bicyclic) bond motifs is 2. The van der Waals surface area contributed by atoms with Gasteiger partial charge in [0.05, 0.1) is 0 Å². The van der Waals surface area contributed by atoms with Gasteiger partial charge < -0.3 is 0 Å². The van der Waals surface area contributed by atoms with Gasteiger partial charge in [-0.3, -0.25) is 9.59 Å². The van der Waals surface area contributed by atoms with Crippen molar-refractivity contribution in [3.63, 3.8) is 0 Å². The van der Waals surface area contributed by atoms with Crippen molar-refractivity contribution in [3.05, 3.63) is 70.8 Å². The molecule has 0 saturated carbocycles. The minimum atomic E-state index is -0.0641. The molecule has 0 spiro atoms. The standard InChI is InChI=1S/C14H8O2.2H2/c15-13-9-5-1-2-6-10(9)14(16)12-8-4-3-7-11(12)13;;/h1-8H;2*1H. The molecule has 2 aromatic rings. The normalized spacial score (nSPS) is 13.2. The van der Waals surface area contributed by atoms with Gasteiger partial charge >= 0.3 is 0 Å². The van der Waals surface area contributed by atoms with Crippen LogP contribution in [-0.2, 0) is 0 Å². The molecule has 16 heavy (non-hydrogen) atoms. The molecule has 0 atom stereocenters. The van der Waals surface area contributed by atoms with Gasteiger partial charge in [0.1, 0.15) is 0 Å². The van der Waals surface area contributed by atoms with Crippen molar-refractivity contribution in [2.24, 2.45) is 0 Å².